The van der Waals surface area contributed by atoms with Crippen molar-refractivity contribution in [3.63, 3.8) is 0 Å². The molecule has 3 aliphatic heterocycles. The Morgan fingerprint density at radius 2 is 1.09 bits per heavy atom. The molecule has 464 valence electrons. The molecule has 3 heterocycles. The zero-order chi connectivity index (χ0) is 63.2. The molecule has 8 atom stereocenters. The van der Waals surface area contributed by atoms with Crippen LogP contribution in [0.4, 0.5) is 10.1 Å². The van der Waals surface area contributed by atoms with Crippen molar-refractivity contribution >= 4 is 88.2 Å². The first-order valence-corrected chi connectivity index (χ1v) is 28.8. The molecule has 8 amide bonds. The Morgan fingerprint density at radius 1 is 0.616 bits per heavy atom. The first kappa shape index (κ1) is 64.6. The van der Waals surface area contributed by atoms with E-state index in [4.69, 9.17) is 36.6 Å². The number of carbonyl (C=O) groups excluding carboxylic acids is 8. The molecule has 86 heavy (non-hydrogen) atoms. The third kappa shape index (κ3) is 19.8. The first-order valence-electron chi connectivity index (χ1n) is 28.9. The van der Waals surface area contributed by atoms with Crippen molar-refractivity contribution in [3.8, 4) is 0 Å². The van der Waals surface area contributed by atoms with Crippen LogP contribution in [0.1, 0.15) is 75.3 Å². The molecule has 3 saturated heterocycles. The minimum Gasteiger partial charge on any atom is -0.480 e. The highest BCUT2D eigenvalue weighted by Gasteiger charge is 2.44. The smallest absolute Gasteiger partial charge is 0.326 e. The molecule has 0 aliphatic carbocycles. The molecule has 0 aromatic heterocycles. The number of anilines is 1. The van der Waals surface area contributed by atoms with E-state index in [9.17, 15) is 57.8 Å². The van der Waals surface area contributed by atoms with Gasteiger partial charge in [0.1, 0.15) is 54.2 Å². The van der Waals surface area contributed by atoms with Crippen LogP contribution in [0.15, 0.2) is 94.9 Å². The van der Waals surface area contributed by atoms with Crippen LogP contribution >= 0.6 is 12.2 Å². The number of nitrogens with one attached hydrogen (secondary N) is 7. The van der Waals surface area contributed by atoms with Crippen molar-refractivity contribution in [1.29, 1.82) is 0 Å². The van der Waals surface area contributed by atoms with Crippen molar-refractivity contribution < 1.29 is 59.2 Å². The molecule has 6 rings (SSSR count). The van der Waals surface area contributed by atoms with Crippen molar-refractivity contribution in [1.82, 2.24) is 46.6 Å². The molecule has 3 aliphatic rings. The summed E-state index contributed by atoms with van der Waals surface area (Å²) in [7, 11) is 0. The van der Waals surface area contributed by atoms with Gasteiger partial charge in [0.25, 0.3) is 0 Å². The number of carboxylic acids is 1. The van der Waals surface area contributed by atoms with E-state index in [0.29, 0.717) is 36.1 Å². The van der Waals surface area contributed by atoms with Crippen LogP contribution < -0.4 is 60.1 Å². The normalized spacial score (nSPS) is 18.1. The maximum absolute atomic E-state index is 14.4. The van der Waals surface area contributed by atoms with Crippen LogP contribution in [0.5, 0.6) is 0 Å². The number of amides is 8. The highest BCUT2D eigenvalue weighted by atomic mass is 32.1. The van der Waals surface area contributed by atoms with Crippen LogP contribution in [0.25, 0.3) is 0 Å². The number of benzene rings is 3. The zero-order valence-electron chi connectivity index (χ0n) is 48.5. The maximum atomic E-state index is 14.4. The van der Waals surface area contributed by atoms with Gasteiger partial charge in [-0.1, -0.05) is 60.7 Å². The molecule has 0 bridgehead atoms. The Labute approximate surface area is 503 Å². The van der Waals surface area contributed by atoms with Crippen molar-refractivity contribution in [2.45, 2.75) is 125 Å². The van der Waals surface area contributed by atoms with Gasteiger partial charge in [0.05, 0.1) is 13.2 Å². The lowest BCUT2D eigenvalue weighted by Gasteiger charge is -2.33. The molecule has 29 heteroatoms. The van der Waals surface area contributed by atoms with Crippen LogP contribution in [-0.2, 0) is 56.0 Å². The van der Waals surface area contributed by atoms with E-state index in [1.54, 1.807) is 60.7 Å². The van der Waals surface area contributed by atoms with Gasteiger partial charge in [0.2, 0.25) is 47.3 Å². The van der Waals surface area contributed by atoms with Crippen LogP contribution in [0, 0.1) is 5.82 Å². The van der Waals surface area contributed by atoms with Gasteiger partial charge in [-0.2, -0.15) is 0 Å². The Bertz CT molecular complexity index is 2960. The minimum atomic E-state index is -1.62. The minimum absolute atomic E-state index is 0.0305. The van der Waals surface area contributed by atoms with Crippen LogP contribution in [-0.4, -0.2) is 189 Å². The Hall–Kier alpha value is -8.99. The van der Waals surface area contributed by atoms with Crippen molar-refractivity contribution in [3.05, 3.63) is 102 Å². The predicted octanol–water partition coefficient (Wildman–Crippen LogP) is -1.82. The van der Waals surface area contributed by atoms with E-state index in [0.717, 1.165) is 5.31 Å². The largest absolute Gasteiger partial charge is 0.480 e. The van der Waals surface area contributed by atoms with E-state index < -0.39 is 121 Å². The molecule has 3 aromatic carbocycles. The monoisotopic (exact) mass is 1210 g/mol. The summed E-state index contributed by atoms with van der Waals surface area (Å²) < 4.78 is 22.6. The third-order valence-electron chi connectivity index (χ3n) is 14.7. The van der Waals surface area contributed by atoms with E-state index in [1.165, 1.54) is 39.0 Å². The van der Waals surface area contributed by atoms with Crippen LogP contribution in [0.2, 0.25) is 1.41 Å². The predicted molar refractivity (Wildman–Crippen MR) is 319 cm³/mol. The van der Waals surface area contributed by atoms with Gasteiger partial charge in [-0.3, -0.25) is 48.3 Å². The number of aliphatic imine (C=N–C) groups is 2. The van der Waals surface area contributed by atoms with Gasteiger partial charge in [0, 0.05) is 51.3 Å². The number of thiocarbonyl (C=S) groups is 1. The molecule has 0 saturated carbocycles. The number of aliphatic carboxylic acids is 1. The molecular weight excluding hydrogens is 1140 g/mol. The van der Waals surface area contributed by atoms with Gasteiger partial charge in [-0.25, -0.2) is 9.18 Å². The summed E-state index contributed by atoms with van der Waals surface area (Å²) in [5, 5.41) is 36.9. The molecule has 3 aromatic rings. The molecule has 0 radical (unpaired) electrons. The van der Waals surface area contributed by atoms with E-state index in [2.05, 4.69) is 41.9 Å². The summed E-state index contributed by atoms with van der Waals surface area (Å²) in [6.45, 7) is -0.966. The second-order valence-corrected chi connectivity index (χ2v) is 21.4. The summed E-state index contributed by atoms with van der Waals surface area (Å²) in [5.41, 5.74) is 23.4. The highest BCUT2D eigenvalue weighted by molar-refractivity contribution is 7.80. The first-order chi connectivity index (χ1) is 41.6. The standard InChI is InChI=1S/C57H77FN16O11S/c58-36-21-23-37(24-22-36)66-57(86)71-38(16-7-25-63-55(59)60)51(81)74-29-11-20-45(74)53(83)73-28-9-18-43(73)49(79)65-32-46(76)67-40(30-34-12-3-1-4-13-34)47(77)70-42(33-75)52(82)72-27-10-19-44(72)50(80)69-41(31-35-14-5-2-6-15-35)48(78)68-39(54(84)85)17-8-26-64-56(61)62/h1-6,12-15,21-24,38-45,75H,7-11,16-20,25-33H2,(H,65,79)(H,67,76)(H,68,78)(H,69,80)(H,70,77)(H,84,85)(H4,59,60,63)(H4,61,62,64)(H2,66,71,86)/t38-,39-,40-,41-,42-,43+,44-,45-/m0/s1/i/hD. The quantitative estimate of drug-likeness (QED) is 0.0157. The Morgan fingerprint density at radius 3 is 1.63 bits per heavy atom. The number of rotatable bonds is 29. The lowest BCUT2D eigenvalue weighted by Crippen LogP contribution is -2.60. The fraction of sp³-hybridized carbons (Fsp3) is 0.474. The molecule has 3 fully saturated rings. The fourth-order valence-corrected chi connectivity index (χ4v) is 10.7. The topological polar surface area (TPSA) is 417 Å². The molecule has 27 nitrogen and oxygen atoms in total. The fourth-order valence-electron chi connectivity index (χ4n) is 10.5. The van der Waals surface area contributed by atoms with Gasteiger partial charge in [-0.15, -0.1) is 0 Å². The van der Waals surface area contributed by atoms with Crippen molar-refractivity contribution in [2.24, 2.45) is 32.9 Å². The summed E-state index contributed by atoms with van der Waals surface area (Å²) >= 11 is 5.48. The van der Waals surface area contributed by atoms with Gasteiger partial charge < -0.3 is 85.1 Å². The van der Waals surface area contributed by atoms with Gasteiger partial charge in [0.15, 0.2) is 18.4 Å². The summed E-state index contributed by atoms with van der Waals surface area (Å²) in [6.07, 6.45) is 2.16. The molecule has 0 spiro atoms. The highest BCUT2D eigenvalue weighted by Crippen LogP contribution is 2.27. The van der Waals surface area contributed by atoms with Gasteiger partial charge in [-0.05, 0) is 112 Å². The number of nitrogens with zero attached hydrogens (tertiary/aromatic N) is 5. The number of carboxylic acid groups (broad SMARTS) is 1. The summed E-state index contributed by atoms with van der Waals surface area (Å²) in [6, 6.07) is 12.4. The third-order valence-corrected chi connectivity index (χ3v) is 14.9. The number of guanidine groups is 2. The summed E-state index contributed by atoms with van der Waals surface area (Å²) in [4.78, 5) is 137. The molecule has 17 N–H and O–H groups in total. The number of aliphatic hydroxyl groups excluding tert-OH is 1. The number of hydrogen-bond acceptors (Lipinski definition) is 13. The number of halogens is 1. The zero-order valence-corrected chi connectivity index (χ0v) is 48.3. The maximum Gasteiger partial charge on any atom is 0.326 e. The second kappa shape index (κ2) is 32.9. The summed E-state index contributed by atoms with van der Waals surface area (Å²) in [5.74, 6) is -8.01. The SMILES string of the molecule is [2H]N(C(=S)Nc1ccc(F)cc1)[C@@H](CCCN=C(N)N)C(=O)N1CCC[C@H]1C(=O)N1CCC[C@@H]1C(=O)NCC(=O)N[C@@H](Cc1ccccc1)C(=O)N[C@@H](CO)C(=O)N1CCC[C@H]1C(=O)N[C@@H](Cc1ccccc1)C(=O)N[C@@H](CCCN=C(N)N)C(=O)O. The lowest BCUT2D eigenvalue weighted by atomic mass is 10.0. The van der Waals surface area contributed by atoms with E-state index >= 15 is 0 Å². The second-order valence-electron chi connectivity index (χ2n) is 21.0. The number of aliphatic hydroxyl groups is 1. The molecule has 0 unspecified atom stereocenters. The lowest BCUT2D eigenvalue weighted by molar-refractivity contribution is -0.147. The van der Waals surface area contributed by atoms with Crippen molar-refractivity contribution in [2.75, 3.05) is 51.2 Å². The number of likely N-dealkylation sites (tertiary alicyclic amines) is 3. The average Bonchev–Trinajstić information content (AvgIpc) is 2.27. The average molecular weight is 1210 g/mol. The number of hydrogen-bond donors (Lipinski definition) is 13. The van der Waals surface area contributed by atoms with E-state index in [1.807, 2.05) is 0 Å². The van der Waals surface area contributed by atoms with Gasteiger partial charge >= 0.3 is 5.97 Å². The van der Waals surface area contributed by atoms with Crippen LogP contribution in [0.3, 0.4) is 0 Å². The Balaban J connectivity index is 1.08. The number of carbonyl (C=O) groups is 9. The van der Waals surface area contributed by atoms with E-state index in [-0.39, 0.29) is 108 Å². The number of nitrogens with two attached hydrogens (primary N) is 4. The molecular formula is C57H77FN16O11S. The Kier molecular flexibility index (Phi) is 24.7.